The summed E-state index contributed by atoms with van der Waals surface area (Å²) in [5.74, 6) is 0. The Morgan fingerprint density at radius 1 is 1.19 bits per heavy atom. The molecule has 0 bridgehead atoms. The number of thiocarbonyl (C=S) groups is 1. The average molecular weight is 243 g/mol. The van der Waals surface area contributed by atoms with Crippen molar-refractivity contribution in [1.82, 2.24) is 9.80 Å². The summed E-state index contributed by atoms with van der Waals surface area (Å²) < 4.78 is 0. The molecule has 3 nitrogen and oxygen atoms in total. The van der Waals surface area contributed by atoms with Crippen LogP contribution in [-0.2, 0) is 0 Å². The second kappa shape index (κ2) is 7.07. The Morgan fingerprint density at radius 2 is 1.81 bits per heavy atom. The van der Waals surface area contributed by atoms with Gasteiger partial charge in [0.1, 0.15) is 0 Å². The monoisotopic (exact) mass is 243 g/mol. The zero-order chi connectivity index (χ0) is 12.0. The van der Waals surface area contributed by atoms with E-state index in [-0.39, 0.29) is 0 Å². The summed E-state index contributed by atoms with van der Waals surface area (Å²) in [4.78, 5) is 4.45. The first-order valence-corrected chi connectivity index (χ1v) is 6.73. The maximum absolute atomic E-state index is 5.83. The van der Waals surface area contributed by atoms with E-state index in [1.807, 2.05) is 0 Å². The zero-order valence-electron chi connectivity index (χ0n) is 10.6. The third-order valence-electron chi connectivity index (χ3n) is 3.30. The summed E-state index contributed by atoms with van der Waals surface area (Å²) in [5, 5.41) is 0.589. The number of nitrogens with zero attached hydrogens (tertiary/aromatic N) is 2. The molecule has 0 spiro atoms. The van der Waals surface area contributed by atoms with Crippen molar-refractivity contribution in [3.63, 3.8) is 0 Å². The molecule has 0 aromatic rings. The smallest absolute Gasteiger partial charge is 0.166 e. The fourth-order valence-electron chi connectivity index (χ4n) is 2.42. The lowest BCUT2D eigenvalue weighted by molar-refractivity contribution is 0.234. The molecule has 94 valence electrons. The summed E-state index contributed by atoms with van der Waals surface area (Å²) in [6, 6.07) is 0.605. The van der Waals surface area contributed by atoms with Crippen LogP contribution in [0.4, 0.5) is 0 Å². The fraction of sp³-hybridized carbons (Fsp3) is 0.917. The number of hydrogen-bond acceptors (Lipinski definition) is 2. The Bertz CT molecular complexity index is 212. The van der Waals surface area contributed by atoms with Gasteiger partial charge < -0.3 is 15.5 Å². The van der Waals surface area contributed by atoms with E-state index in [0.29, 0.717) is 11.2 Å². The Balaban J connectivity index is 2.37. The van der Waals surface area contributed by atoms with Crippen molar-refractivity contribution in [2.24, 2.45) is 5.73 Å². The van der Waals surface area contributed by atoms with Crippen LogP contribution >= 0.6 is 12.2 Å². The third-order valence-corrected chi connectivity index (χ3v) is 3.54. The van der Waals surface area contributed by atoms with Crippen LogP contribution in [0.5, 0.6) is 0 Å². The van der Waals surface area contributed by atoms with Crippen LogP contribution in [0.3, 0.4) is 0 Å². The minimum Gasteiger partial charge on any atom is -0.376 e. The highest BCUT2D eigenvalue weighted by Gasteiger charge is 2.21. The predicted octanol–water partition coefficient (Wildman–Crippen LogP) is 1.82. The minimum atomic E-state index is 0.589. The van der Waals surface area contributed by atoms with Crippen LogP contribution in [-0.4, -0.2) is 48.1 Å². The molecule has 1 fully saturated rings. The summed E-state index contributed by atoms with van der Waals surface area (Å²) in [6.45, 7) is 2.12. The second-order valence-corrected chi connectivity index (χ2v) is 5.40. The maximum Gasteiger partial charge on any atom is 0.166 e. The number of rotatable bonds is 5. The van der Waals surface area contributed by atoms with Crippen LogP contribution in [0.25, 0.3) is 0 Å². The molecular formula is C12H25N3S. The quantitative estimate of drug-likeness (QED) is 0.747. The highest BCUT2D eigenvalue weighted by Crippen LogP contribution is 2.22. The molecule has 0 amide bonds. The molecule has 4 heteroatoms. The summed E-state index contributed by atoms with van der Waals surface area (Å²) in [5.41, 5.74) is 5.83. The molecule has 0 heterocycles. The maximum atomic E-state index is 5.83. The molecule has 0 aliphatic heterocycles. The van der Waals surface area contributed by atoms with Crippen LogP contribution in [0.2, 0.25) is 0 Å². The van der Waals surface area contributed by atoms with Gasteiger partial charge in [-0.05, 0) is 52.1 Å². The van der Waals surface area contributed by atoms with Crippen molar-refractivity contribution in [1.29, 1.82) is 0 Å². The van der Waals surface area contributed by atoms with Crippen LogP contribution < -0.4 is 5.73 Å². The van der Waals surface area contributed by atoms with Crippen LogP contribution in [0.15, 0.2) is 0 Å². The molecule has 0 radical (unpaired) electrons. The molecule has 2 N–H and O–H groups in total. The third kappa shape index (κ3) is 4.66. The van der Waals surface area contributed by atoms with Gasteiger partial charge in [-0.2, -0.15) is 0 Å². The van der Waals surface area contributed by atoms with Crippen molar-refractivity contribution in [2.75, 3.05) is 27.2 Å². The van der Waals surface area contributed by atoms with Gasteiger partial charge in [0.15, 0.2) is 5.11 Å². The predicted molar refractivity (Wildman–Crippen MR) is 73.5 cm³/mol. The van der Waals surface area contributed by atoms with E-state index in [0.717, 1.165) is 19.5 Å². The van der Waals surface area contributed by atoms with Crippen LogP contribution in [0, 0.1) is 0 Å². The van der Waals surface area contributed by atoms with Crippen molar-refractivity contribution in [3.8, 4) is 0 Å². The first-order valence-electron chi connectivity index (χ1n) is 6.32. The standard InChI is InChI=1S/C12H25N3S/c1-14(2)9-6-10-15(12(13)16)11-7-4-3-5-8-11/h11H,3-10H2,1-2H3,(H2,13,16). The van der Waals surface area contributed by atoms with Gasteiger partial charge in [0, 0.05) is 12.6 Å². The first-order chi connectivity index (χ1) is 7.61. The van der Waals surface area contributed by atoms with Gasteiger partial charge in [-0.15, -0.1) is 0 Å². The van der Waals surface area contributed by atoms with E-state index in [2.05, 4.69) is 23.9 Å². The Hall–Kier alpha value is -0.350. The van der Waals surface area contributed by atoms with E-state index >= 15 is 0 Å². The lowest BCUT2D eigenvalue weighted by Gasteiger charge is -2.35. The van der Waals surface area contributed by atoms with Gasteiger partial charge >= 0.3 is 0 Å². The summed E-state index contributed by atoms with van der Waals surface area (Å²) in [7, 11) is 4.21. The molecule has 0 unspecified atom stereocenters. The molecule has 1 saturated carbocycles. The van der Waals surface area contributed by atoms with Crippen molar-refractivity contribution in [3.05, 3.63) is 0 Å². The molecule has 0 saturated heterocycles. The molecule has 1 aliphatic rings. The van der Waals surface area contributed by atoms with E-state index in [1.165, 1.54) is 32.1 Å². The van der Waals surface area contributed by atoms with Crippen molar-refractivity contribution >= 4 is 17.3 Å². The van der Waals surface area contributed by atoms with Gasteiger partial charge in [0.2, 0.25) is 0 Å². The second-order valence-electron chi connectivity index (χ2n) is 4.98. The first kappa shape index (κ1) is 13.7. The Kier molecular flexibility index (Phi) is 6.06. The van der Waals surface area contributed by atoms with Crippen molar-refractivity contribution in [2.45, 2.75) is 44.6 Å². The SMILES string of the molecule is CN(C)CCCN(C(N)=S)C1CCCCC1. The number of nitrogens with two attached hydrogens (primary N) is 1. The van der Waals surface area contributed by atoms with E-state index in [9.17, 15) is 0 Å². The summed E-state index contributed by atoms with van der Waals surface area (Å²) in [6.07, 6.45) is 7.70. The van der Waals surface area contributed by atoms with Gasteiger partial charge in [0.25, 0.3) is 0 Å². The Labute approximate surface area is 105 Å². The average Bonchev–Trinajstić information content (AvgIpc) is 2.25. The molecule has 0 aromatic heterocycles. The molecule has 1 rings (SSSR count). The van der Waals surface area contributed by atoms with Gasteiger partial charge in [-0.25, -0.2) is 0 Å². The number of hydrogen-bond donors (Lipinski definition) is 1. The van der Waals surface area contributed by atoms with E-state index in [1.54, 1.807) is 0 Å². The van der Waals surface area contributed by atoms with E-state index < -0.39 is 0 Å². The largest absolute Gasteiger partial charge is 0.376 e. The fourth-order valence-corrected chi connectivity index (χ4v) is 2.66. The van der Waals surface area contributed by atoms with E-state index in [4.69, 9.17) is 18.0 Å². The molecule has 16 heavy (non-hydrogen) atoms. The van der Waals surface area contributed by atoms with Gasteiger partial charge in [-0.3, -0.25) is 0 Å². The summed E-state index contributed by atoms with van der Waals surface area (Å²) >= 11 is 5.17. The topological polar surface area (TPSA) is 32.5 Å². The lowest BCUT2D eigenvalue weighted by atomic mass is 9.94. The molecule has 0 atom stereocenters. The zero-order valence-corrected chi connectivity index (χ0v) is 11.4. The molecule has 0 aromatic carbocycles. The minimum absolute atomic E-state index is 0.589. The highest BCUT2D eigenvalue weighted by molar-refractivity contribution is 7.80. The van der Waals surface area contributed by atoms with Crippen molar-refractivity contribution < 1.29 is 0 Å². The van der Waals surface area contributed by atoms with Gasteiger partial charge in [0.05, 0.1) is 0 Å². The Morgan fingerprint density at radius 3 is 2.31 bits per heavy atom. The highest BCUT2D eigenvalue weighted by atomic mass is 32.1. The normalized spacial score (nSPS) is 17.7. The molecule has 1 aliphatic carbocycles. The molecular weight excluding hydrogens is 218 g/mol. The lowest BCUT2D eigenvalue weighted by Crippen LogP contribution is -2.45. The van der Waals surface area contributed by atoms with Gasteiger partial charge in [-0.1, -0.05) is 19.3 Å². The van der Waals surface area contributed by atoms with Crippen LogP contribution in [0.1, 0.15) is 38.5 Å².